The lowest BCUT2D eigenvalue weighted by Crippen LogP contribution is -2.66. The highest BCUT2D eigenvalue weighted by molar-refractivity contribution is 6.81. The third-order valence-corrected chi connectivity index (χ3v) is 10.5. The molecule has 0 aromatic carbocycles. The molecule has 1 rings (SSSR count). The van der Waals surface area contributed by atoms with Crippen LogP contribution in [0.5, 0.6) is 0 Å². The first-order chi connectivity index (χ1) is 8.95. The maximum Gasteiger partial charge on any atom is 0.186 e. The summed E-state index contributed by atoms with van der Waals surface area (Å²) in [7, 11) is -0.868. The molecule has 1 unspecified atom stereocenters. The number of rotatable bonds is 3. The highest BCUT2D eigenvalue weighted by Gasteiger charge is 2.53. The number of ether oxygens (including phenoxy) is 2. The van der Waals surface area contributed by atoms with Gasteiger partial charge in [-0.1, -0.05) is 33.9 Å². The minimum absolute atomic E-state index is 0.112. The lowest BCUT2D eigenvalue weighted by Gasteiger charge is -2.48. The van der Waals surface area contributed by atoms with Crippen LogP contribution >= 0.6 is 0 Å². The van der Waals surface area contributed by atoms with Crippen molar-refractivity contribution in [3.63, 3.8) is 0 Å². The van der Waals surface area contributed by atoms with Crippen molar-refractivity contribution in [2.24, 2.45) is 0 Å². The monoisotopic (exact) mass is 308 g/mol. The largest absolute Gasteiger partial charge is 0.394 e. The van der Waals surface area contributed by atoms with Crippen LogP contribution in [-0.4, -0.2) is 72.0 Å². The third kappa shape index (κ3) is 3.09. The molecule has 0 bridgehead atoms. The topological polar surface area (TPSA) is 99.4 Å². The SMILES string of the molecule is CO[C@H]1O[C@H](C(O)[Si](C)(C)C(C)(C)C)[C@@H](O)[C@H](O)[C@@H]1O. The Kier molecular flexibility index (Phi) is 5.41. The number of hydrogen-bond acceptors (Lipinski definition) is 6. The van der Waals surface area contributed by atoms with Crippen molar-refractivity contribution in [3.05, 3.63) is 0 Å². The normalized spacial score (nSPS) is 37.8. The maximum absolute atomic E-state index is 10.7. The third-order valence-electron chi connectivity index (χ3n) is 4.82. The van der Waals surface area contributed by atoms with Crippen molar-refractivity contribution < 1.29 is 29.9 Å². The number of aliphatic hydroxyl groups is 4. The van der Waals surface area contributed by atoms with E-state index in [4.69, 9.17) is 9.47 Å². The van der Waals surface area contributed by atoms with E-state index >= 15 is 0 Å². The van der Waals surface area contributed by atoms with Crippen LogP contribution in [0.25, 0.3) is 0 Å². The van der Waals surface area contributed by atoms with Crippen LogP contribution in [0.1, 0.15) is 20.8 Å². The summed E-state index contributed by atoms with van der Waals surface area (Å²) < 4.78 is 10.4. The first kappa shape index (κ1) is 18.0. The quantitative estimate of drug-likeness (QED) is 0.541. The summed E-state index contributed by atoms with van der Waals surface area (Å²) in [5.74, 6) is 0. The molecule has 0 spiro atoms. The summed E-state index contributed by atoms with van der Waals surface area (Å²) in [5.41, 5.74) is -0.891. The van der Waals surface area contributed by atoms with Crippen molar-refractivity contribution in [1.29, 1.82) is 0 Å². The molecule has 6 nitrogen and oxygen atoms in total. The van der Waals surface area contributed by atoms with Gasteiger partial charge in [-0.3, -0.25) is 0 Å². The van der Waals surface area contributed by atoms with Gasteiger partial charge in [0.05, 0.1) is 13.8 Å². The molecule has 6 atom stereocenters. The van der Waals surface area contributed by atoms with Gasteiger partial charge >= 0.3 is 0 Å². The molecule has 0 aliphatic carbocycles. The Bertz CT molecular complexity index is 327. The van der Waals surface area contributed by atoms with Gasteiger partial charge in [0.15, 0.2) is 6.29 Å². The molecule has 20 heavy (non-hydrogen) atoms. The van der Waals surface area contributed by atoms with E-state index < -0.39 is 44.5 Å². The van der Waals surface area contributed by atoms with Crippen LogP contribution in [0, 0.1) is 0 Å². The summed E-state index contributed by atoms with van der Waals surface area (Å²) in [6, 6.07) is 0. The molecular weight excluding hydrogens is 280 g/mol. The Morgan fingerprint density at radius 2 is 1.55 bits per heavy atom. The molecule has 7 heteroatoms. The molecule has 120 valence electrons. The van der Waals surface area contributed by atoms with E-state index in [9.17, 15) is 20.4 Å². The smallest absolute Gasteiger partial charge is 0.186 e. The molecule has 0 radical (unpaired) electrons. The molecular formula is C13H28O6Si. The van der Waals surface area contributed by atoms with E-state index in [1.54, 1.807) is 0 Å². The zero-order chi connectivity index (χ0) is 15.9. The summed E-state index contributed by atoms with van der Waals surface area (Å²) in [5, 5.41) is 40.3. The van der Waals surface area contributed by atoms with Gasteiger partial charge in [-0.15, -0.1) is 0 Å². The Hall–Kier alpha value is -0.0231. The van der Waals surface area contributed by atoms with E-state index in [1.165, 1.54) is 7.11 Å². The maximum atomic E-state index is 10.7. The highest BCUT2D eigenvalue weighted by Crippen LogP contribution is 2.41. The second kappa shape index (κ2) is 6.00. The van der Waals surface area contributed by atoms with Crippen molar-refractivity contribution in [2.45, 2.75) is 75.3 Å². The Morgan fingerprint density at radius 3 is 1.95 bits per heavy atom. The van der Waals surface area contributed by atoms with Crippen molar-refractivity contribution in [1.82, 2.24) is 0 Å². The zero-order valence-corrected chi connectivity index (χ0v) is 14.1. The lowest BCUT2D eigenvalue weighted by atomic mass is 9.99. The van der Waals surface area contributed by atoms with Gasteiger partial charge in [0.2, 0.25) is 0 Å². The molecule has 0 saturated carbocycles. The van der Waals surface area contributed by atoms with E-state index in [0.29, 0.717) is 0 Å². The molecule has 1 aliphatic heterocycles. The van der Waals surface area contributed by atoms with E-state index in [0.717, 1.165) is 0 Å². The average molecular weight is 308 g/mol. The van der Waals surface area contributed by atoms with E-state index in [2.05, 4.69) is 0 Å². The number of hydrogen-bond donors (Lipinski definition) is 4. The molecule has 1 aliphatic rings. The fraction of sp³-hybridized carbons (Fsp3) is 1.00. The van der Waals surface area contributed by atoms with Gasteiger partial charge in [0.25, 0.3) is 0 Å². The van der Waals surface area contributed by atoms with Gasteiger partial charge in [0.1, 0.15) is 24.4 Å². The Morgan fingerprint density at radius 1 is 1.05 bits per heavy atom. The van der Waals surface area contributed by atoms with Crippen molar-refractivity contribution in [2.75, 3.05) is 7.11 Å². The fourth-order valence-corrected chi connectivity index (χ4v) is 4.17. The summed E-state index contributed by atoms with van der Waals surface area (Å²) in [6.45, 7) is 10.1. The number of methoxy groups -OCH3 is 1. The van der Waals surface area contributed by atoms with Gasteiger partial charge in [-0.2, -0.15) is 0 Å². The van der Waals surface area contributed by atoms with E-state index in [1.807, 2.05) is 33.9 Å². The molecule has 0 aromatic rings. The molecule has 4 N–H and O–H groups in total. The van der Waals surface area contributed by atoms with Crippen LogP contribution in [-0.2, 0) is 9.47 Å². The van der Waals surface area contributed by atoms with Crippen LogP contribution in [0.3, 0.4) is 0 Å². The fourth-order valence-electron chi connectivity index (χ4n) is 2.18. The standard InChI is InChI=1S/C13H28O6Si/c1-13(2,3)20(5,6)11(17)10-8(15)7(14)9(16)12(18-4)19-10/h7-12,14-17H,1-6H3/t7-,8-,9-,10-,11?,12-/m0/s1. The predicted molar refractivity (Wildman–Crippen MR) is 76.9 cm³/mol. The molecule has 0 aromatic heterocycles. The second-order valence-corrected chi connectivity index (χ2v) is 12.6. The molecule has 1 heterocycles. The highest BCUT2D eigenvalue weighted by atomic mass is 28.3. The summed E-state index contributed by atoms with van der Waals surface area (Å²) >= 11 is 0. The minimum atomic E-state index is -2.21. The van der Waals surface area contributed by atoms with Crippen LogP contribution in [0.15, 0.2) is 0 Å². The summed E-state index contributed by atoms with van der Waals surface area (Å²) in [4.78, 5) is 0. The summed E-state index contributed by atoms with van der Waals surface area (Å²) in [6.07, 6.45) is -6.12. The molecule has 1 fully saturated rings. The zero-order valence-electron chi connectivity index (χ0n) is 13.1. The van der Waals surface area contributed by atoms with Crippen molar-refractivity contribution in [3.8, 4) is 0 Å². The predicted octanol–water partition coefficient (Wildman–Crippen LogP) is -0.151. The minimum Gasteiger partial charge on any atom is -0.394 e. The first-order valence-electron chi connectivity index (χ1n) is 6.85. The Balaban J connectivity index is 3.00. The van der Waals surface area contributed by atoms with Gasteiger partial charge in [0, 0.05) is 7.11 Å². The average Bonchev–Trinajstić information content (AvgIpc) is 2.34. The second-order valence-electron chi connectivity index (χ2n) is 7.09. The van der Waals surface area contributed by atoms with E-state index in [-0.39, 0.29) is 5.04 Å². The van der Waals surface area contributed by atoms with Crippen LogP contribution in [0.4, 0.5) is 0 Å². The lowest BCUT2D eigenvalue weighted by molar-refractivity contribution is -0.298. The van der Waals surface area contributed by atoms with Gasteiger partial charge in [-0.05, 0) is 5.04 Å². The number of aliphatic hydroxyl groups excluding tert-OH is 4. The van der Waals surface area contributed by atoms with Crippen LogP contribution in [0.2, 0.25) is 18.1 Å². The van der Waals surface area contributed by atoms with Crippen molar-refractivity contribution >= 4 is 8.07 Å². The molecule has 1 saturated heterocycles. The Labute approximate surface area is 121 Å². The molecule has 0 amide bonds. The first-order valence-corrected chi connectivity index (χ1v) is 9.93. The van der Waals surface area contributed by atoms with Gasteiger partial charge < -0.3 is 29.9 Å². The van der Waals surface area contributed by atoms with Crippen LogP contribution < -0.4 is 0 Å². The van der Waals surface area contributed by atoms with Gasteiger partial charge in [-0.25, -0.2) is 0 Å².